The second kappa shape index (κ2) is 7.66. The van der Waals surface area contributed by atoms with Crippen LogP contribution in [-0.4, -0.2) is 45.3 Å². The van der Waals surface area contributed by atoms with Gasteiger partial charge < -0.3 is 10.2 Å². The number of anilines is 1. The molecule has 1 N–H and O–H groups in total. The van der Waals surface area contributed by atoms with E-state index in [1.165, 1.54) is 0 Å². The van der Waals surface area contributed by atoms with E-state index in [9.17, 15) is 4.79 Å². The second-order valence-electron chi connectivity index (χ2n) is 7.73. The molecule has 0 saturated carbocycles. The fourth-order valence-electron chi connectivity index (χ4n) is 4.25. The number of fused-ring (bicyclic) bond motifs is 1. The summed E-state index contributed by atoms with van der Waals surface area (Å²) in [7, 11) is 0. The summed E-state index contributed by atoms with van der Waals surface area (Å²) in [5.74, 6) is 2.07. The van der Waals surface area contributed by atoms with Gasteiger partial charge in [0.15, 0.2) is 5.82 Å². The number of hydrogen-bond donors (Lipinski definition) is 1. The van der Waals surface area contributed by atoms with Crippen LogP contribution >= 0.6 is 0 Å². The fourth-order valence-corrected chi connectivity index (χ4v) is 4.25. The van der Waals surface area contributed by atoms with Crippen LogP contribution in [0.3, 0.4) is 0 Å². The molecule has 2 aliphatic heterocycles. The maximum Gasteiger partial charge on any atom is 0.270 e. The highest BCUT2D eigenvalue weighted by Crippen LogP contribution is 2.30. The number of carbonyl (C=O) groups is 1. The van der Waals surface area contributed by atoms with Gasteiger partial charge in [-0.25, -0.2) is 9.97 Å². The Morgan fingerprint density at radius 1 is 1.07 bits per heavy atom. The molecular weight excluding hydrogens is 364 g/mol. The van der Waals surface area contributed by atoms with E-state index in [4.69, 9.17) is 4.98 Å². The van der Waals surface area contributed by atoms with Gasteiger partial charge in [-0.3, -0.25) is 9.48 Å². The number of piperidine rings is 1. The third kappa shape index (κ3) is 3.60. The number of aromatic nitrogens is 4. The van der Waals surface area contributed by atoms with Gasteiger partial charge in [-0.2, -0.15) is 5.10 Å². The van der Waals surface area contributed by atoms with Gasteiger partial charge in [-0.1, -0.05) is 30.3 Å². The Bertz CT molecular complexity index is 994. The maximum absolute atomic E-state index is 12.5. The molecule has 0 radical (unpaired) electrons. The van der Waals surface area contributed by atoms with Crippen LogP contribution in [-0.2, 0) is 13.0 Å². The first-order valence-electron chi connectivity index (χ1n) is 10.2. The van der Waals surface area contributed by atoms with Crippen molar-refractivity contribution in [1.29, 1.82) is 0 Å². The zero-order valence-corrected chi connectivity index (χ0v) is 16.3. The molecule has 29 heavy (non-hydrogen) atoms. The number of rotatable bonds is 4. The predicted octanol–water partition coefficient (Wildman–Crippen LogP) is 2.54. The van der Waals surface area contributed by atoms with E-state index >= 15 is 0 Å². The molecule has 1 fully saturated rings. The quantitative estimate of drug-likeness (QED) is 0.743. The number of benzene rings is 1. The Labute approximate surface area is 169 Å². The minimum absolute atomic E-state index is 0.0966. The van der Waals surface area contributed by atoms with Gasteiger partial charge in [0, 0.05) is 49.7 Å². The summed E-state index contributed by atoms with van der Waals surface area (Å²) in [4.78, 5) is 24.4. The molecule has 4 heterocycles. The molecule has 3 aromatic rings. The number of nitrogens with one attached hydrogen (secondary N) is 1. The van der Waals surface area contributed by atoms with Gasteiger partial charge in [0.1, 0.15) is 11.5 Å². The molecule has 2 aliphatic rings. The zero-order valence-electron chi connectivity index (χ0n) is 16.3. The topological polar surface area (TPSA) is 75.9 Å². The molecular formula is C22H24N6O. The minimum Gasteiger partial charge on any atom is -0.356 e. The largest absolute Gasteiger partial charge is 0.356 e. The lowest BCUT2D eigenvalue weighted by Crippen LogP contribution is -2.39. The Kier molecular flexibility index (Phi) is 4.71. The second-order valence-corrected chi connectivity index (χ2v) is 7.73. The van der Waals surface area contributed by atoms with Crippen LogP contribution in [0, 0.1) is 5.92 Å². The predicted molar refractivity (Wildman–Crippen MR) is 111 cm³/mol. The van der Waals surface area contributed by atoms with Crippen molar-refractivity contribution in [3.05, 3.63) is 60.0 Å². The van der Waals surface area contributed by atoms with Crippen LogP contribution in [0.2, 0.25) is 0 Å². The summed E-state index contributed by atoms with van der Waals surface area (Å²) >= 11 is 0. The molecule has 1 saturated heterocycles. The third-order valence-electron chi connectivity index (χ3n) is 5.81. The molecule has 1 amide bonds. The zero-order chi connectivity index (χ0) is 19.6. The van der Waals surface area contributed by atoms with E-state index in [0.29, 0.717) is 24.0 Å². The van der Waals surface area contributed by atoms with Crippen LogP contribution in [0.4, 0.5) is 5.82 Å². The van der Waals surface area contributed by atoms with Crippen LogP contribution in [0.5, 0.6) is 0 Å². The summed E-state index contributed by atoms with van der Waals surface area (Å²) < 4.78 is 2.02. The van der Waals surface area contributed by atoms with Crippen LogP contribution in [0.1, 0.15) is 28.9 Å². The SMILES string of the molecule is O=C1NCCc2c1nc(-c1ccccc1)nc2N1CCC(Cn2cccn2)CC1. The lowest BCUT2D eigenvalue weighted by atomic mass is 9.96. The fraction of sp³-hybridized carbons (Fsp3) is 0.364. The summed E-state index contributed by atoms with van der Waals surface area (Å²) in [6.45, 7) is 3.47. The van der Waals surface area contributed by atoms with Gasteiger partial charge in [0.25, 0.3) is 5.91 Å². The molecule has 0 unspecified atom stereocenters. The smallest absolute Gasteiger partial charge is 0.270 e. The molecule has 7 nitrogen and oxygen atoms in total. The summed E-state index contributed by atoms with van der Waals surface area (Å²) in [5.41, 5.74) is 2.45. The Balaban J connectivity index is 1.43. The lowest BCUT2D eigenvalue weighted by Gasteiger charge is -2.35. The Morgan fingerprint density at radius 2 is 1.90 bits per heavy atom. The van der Waals surface area contributed by atoms with Crippen molar-refractivity contribution < 1.29 is 4.79 Å². The monoisotopic (exact) mass is 388 g/mol. The van der Waals surface area contributed by atoms with Gasteiger partial charge in [0.2, 0.25) is 0 Å². The van der Waals surface area contributed by atoms with Crippen molar-refractivity contribution in [2.45, 2.75) is 25.8 Å². The van der Waals surface area contributed by atoms with Crippen molar-refractivity contribution in [2.75, 3.05) is 24.5 Å². The lowest BCUT2D eigenvalue weighted by molar-refractivity contribution is 0.0940. The molecule has 0 spiro atoms. The molecule has 7 heteroatoms. The molecule has 148 valence electrons. The third-order valence-corrected chi connectivity index (χ3v) is 5.81. The summed E-state index contributed by atoms with van der Waals surface area (Å²) in [6, 6.07) is 11.9. The van der Waals surface area contributed by atoms with E-state index in [1.807, 2.05) is 53.5 Å². The van der Waals surface area contributed by atoms with E-state index in [0.717, 1.165) is 55.8 Å². The van der Waals surface area contributed by atoms with Gasteiger partial charge >= 0.3 is 0 Å². The molecule has 2 aromatic heterocycles. The molecule has 0 aliphatic carbocycles. The van der Waals surface area contributed by atoms with E-state index in [1.54, 1.807) is 0 Å². The van der Waals surface area contributed by atoms with Gasteiger partial charge in [0.05, 0.1) is 0 Å². The van der Waals surface area contributed by atoms with Crippen molar-refractivity contribution in [3.8, 4) is 11.4 Å². The van der Waals surface area contributed by atoms with Crippen LogP contribution < -0.4 is 10.2 Å². The van der Waals surface area contributed by atoms with Crippen molar-refractivity contribution >= 4 is 11.7 Å². The van der Waals surface area contributed by atoms with Crippen LogP contribution in [0.15, 0.2) is 48.8 Å². The van der Waals surface area contributed by atoms with Gasteiger partial charge in [-0.15, -0.1) is 0 Å². The average molecular weight is 388 g/mol. The molecule has 5 rings (SSSR count). The highest BCUT2D eigenvalue weighted by atomic mass is 16.1. The van der Waals surface area contributed by atoms with E-state index in [-0.39, 0.29) is 5.91 Å². The van der Waals surface area contributed by atoms with Crippen molar-refractivity contribution in [1.82, 2.24) is 25.1 Å². The number of carbonyl (C=O) groups excluding carboxylic acids is 1. The number of nitrogens with zero attached hydrogens (tertiary/aromatic N) is 5. The minimum atomic E-state index is -0.0966. The van der Waals surface area contributed by atoms with Crippen LogP contribution in [0.25, 0.3) is 11.4 Å². The average Bonchev–Trinajstić information content (AvgIpc) is 3.28. The highest BCUT2D eigenvalue weighted by Gasteiger charge is 2.29. The first-order chi connectivity index (χ1) is 14.3. The highest BCUT2D eigenvalue weighted by molar-refractivity contribution is 5.96. The molecule has 0 bridgehead atoms. The summed E-state index contributed by atoms with van der Waals surface area (Å²) in [6.07, 6.45) is 6.81. The first kappa shape index (κ1) is 17.8. The van der Waals surface area contributed by atoms with E-state index in [2.05, 4.69) is 20.3 Å². The molecule has 1 aromatic carbocycles. The number of hydrogen-bond acceptors (Lipinski definition) is 5. The molecule has 0 atom stereocenters. The number of amides is 1. The Hall–Kier alpha value is -3.22. The van der Waals surface area contributed by atoms with E-state index < -0.39 is 0 Å². The Morgan fingerprint density at radius 3 is 2.66 bits per heavy atom. The van der Waals surface area contributed by atoms with Crippen molar-refractivity contribution in [2.24, 2.45) is 5.92 Å². The standard InChI is InChI=1S/C22H24N6O/c29-22-19-18(7-11-23-22)21(26-20(25-19)17-5-2-1-3-6-17)27-13-8-16(9-14-27)15-28-12-4-10-24-28/h1-6,10,12,16H,7-9,11,13-15H2,(H,23,29). The van der Waals surface area contributed by atoms with Gasteiger partial charge in [-0.05, 0) is 31.2 Å². The maximum atomic E-state index is 12.5. The van der Waals surface area contributed by atoms with Crippen molar-refractivity contribution in [3.63, 3.8) is 0 Å². The normalized spacial score (nSPS) is 17.1. The summed E-state index contributed by atoms with van der Waals surface area (Å²) in [5, 5.41) is 7.26. The first-order valence-corrected chi connectivity index (χ1v) is 10.2.